The van der Waals surface area contributed by atoms with E-state index in [2.05, 4.69) is 67.5 Å². The van der Waals surface area contributed by atoms with Crippen LogP contribution in [0, 0.1) is 0 Å². The van der Waals surface area contributed by atoms with Gasteiger partial charge in [0.15, 0.2) is 0 Å². The topological polar surface area (TPSA) is 36.9 Å². The zero-order valence-corrected chi connectivity index (χ0v) is 18.7. The van der Waals surface area contributed by atoms with Crippen molar-refractivity contribution in [3.05, 3.63) is 24.3 Å². The van der Waals surface area contributed by atoms with Gasteiger partial charge in [0.2, 0.25) is 0 Å². The molecule has 0 atom stereocenters. The summed E-state index contributed by atoms with van der Waals surface area (Å²) in [6, 6.07) is 8.32. The zero-order chi connectivity index (χ0) is 18.3. The second-order valence-electron chi connectivity index (χ2n) is 7.03. The molecule has 0 fully saturated rings. The van der Waals surface area contributed by atoms with Crippen molar-refractivity contribution < 1.29 is 17.7 Å². The summed E-state index contributed by atoms with van der Waals surface area (Å²) in [5, 5.41) is 2.30. The van der Waals surface area contributed by atoms with E-state index in [0.29, 0.717) is 0 Å². The largest absolute Gasteiger partial charge is 0.391 e. The van der Waals surface area contributed by atoms with Crippen LogP contribution in [0.2, 0.25) is 0 Å². The molecule has 0 heterocycles. The molecule has 0 amide bonds. The predicted octanol–water partition coefficient (Wildman–Crippen LogP) is 2.24. The number of hydrogen-bond acceptors (Lipinski definition) is 4. The Morgan fingerprint density at radius 3 is 1.00 bits per heavy atom. The van der Waals surface area contributed by atoms with Crippen LogP contribution in [0.1, 0.15) is 55.4 Å². The highest BCUT2D eigenvalue weighted by Crippen LogP contribution is 2.05. The fourth-order valence-electron chi connectivity index (χ4n) is 2.29. The molecule has 0 spiro atoms. The molecule has 0 N–H and O–H groups in total. The Labute approximate surface area is 151 Å². The normalized spacial score (nSPS) is 12.6. The van der Waals surface area contributed by atoms with E-state index in [-0.39, 0.29) is 24.4 Å². The third-order valence-electron chi connectivity index (χ3n) is 3.09. The molecular weight excluding hydrogens is 336 g/mol. The van der Waals surface area contributed by atoms with Gasteiger partial charge in [0.25, 0.3) is 0 Å². The average molecular weight is 371 g/mol. The molecule has 0 saturated heterocycles. The molecule has 0 aliphatic carbocycles. The van der Waals surface area contributed by atoms with Crippen LogP contribution < -0.4 is 10.4 Å². The molecule has 0 unspecified atom stereocenters. The van der Waals surface area contributed by atoms with Crippen LogP contribution in [0.4, 0.5) is 0 Å². The number of benzene rings is 1. The van der Waals surface area contributed by atoms with Crippen molar-refractivity contribution in [3.63, 3.8) is 0 Å². The minimum Gasteiger partial charge on any atom is -0.391 e. The van der Waals surface area contributed by atoms with Crippen molar-refractivity contribution in [1.29, 1.82) is 0 Å². The molecule has 0 saturated carbocycles. The monoisotopic (exact) mass is 370 g/mol. The Morgan fingerprint density at radius 1 is 0.542 bits per heavy atom. The highest BCUT2D eigenvalue weighted by atomic mass is 28.3. The van der Waals surface area contributed by atoms with Crippen molar-refractivity contribution in [2.75, 3.05) is 0 Å². The van der Waals surface area contributed by atoms with Crippen molar-refractivity contribution in [1.82, 2.24) is 0 Å². The van der Waals surface area contributed by atoms with Crippen LogP contribution in [-0.2, 0) is 17.7 Å². The molecule has 0 bridgehead atoms. The first-order valence-electron chi connectivity index (χ1n) is 8.91. The van der Waals surface area contributed by atoms with Gasteiger partial charge in [-0.15, -0.1) is 0 Å². The average Bonchev–Trinajstić information content (AvgIpc) is 2.44. The standard InChI is InChI=1S/C18H34O4Si2/c1-13(2)19-23(20-14(3)4)17-11-9-10-12-18(17)24(21-15(5)6)22-16(7)8/h9-16,23-24H,1-8H3. The first-order valence-corrected chi connectivity index (χ1v) is 11.9. The Hall–Kier alpha value is -0.506. The Kier molecular flexibility index (Phi) is 9.40. The molecule has 6 heteroatoms. The highest BCUT2D eigenvalue weighted by Gasteiger charge is 2.29. The number of hydrogen-bond donors (Lipinski definition) is 0. The summed E-state index contributed by atoms with van der Waals surface area (Å²) >= 11 is 0. The minimum absolute atomic E-state index is 0.130. The summed E-state index contributed by atoms with van der Waals surface area (Å²) in [7, 11) is -4.04. The lowest BCUT2D eigenvalue weighted by Gasteiger charge is -2.27. The summed E-state index contributed by atoms with van der Waals surface area (Å²) in [6.07, 6.45) is 0.521. The van der Waals surface area contributed by atoms with E-state index in [4.69, 9.17) is 17.7 Å². The highest BCUT2D eigenvalue weighted by molar-refractivity contribution is 6.73. The van der Waals surface area contributed by atoms with E-state index >= 15 is 0 Å². The van der Waals surface area contributed by atoms with Crippen LogP contribution >= 0.6 is 0 Å². The maximum atomic E-state index is 6.18. The van der Waals surface area contributed by atoms with Gasteiger partial charge in [-0.2, -0.15) is 0 Å². The quantitative estimate of drug-likeness (QED) is 0.592. The van der Waals surface area contributed by atoms with Gasteiger partial charge in [-0.05, 0) is 65.8 Å². The van der Waals surface area contributed by atoms with E-state index in [9.17, 15) is 0 Å². The maximum absolute atomic E-state index is 6.18. The van der Waals surface area contributed by atoms with Gasteiger partial charge in [0.05, 0.1) is 0 Å². The van der Waals surface area contributed by atoms with Gasteiger partial charge in [-0.3, -0.25) is 0 Å². The van der Waals surface area contributed by atoms with Crippen LogP contribution in [0.5, 0.6) is 0 Å². The summed E-state index contributed by atoms with van der Waals surface area (Å²) in [4.78, 5) is 0. The smallest absolute Gasteiger partial charge is 0.356 e. The fraction of sp³-hybridized carbons (Fsp3) is 0.667. The fourth-order valence-corrected chi connectivity index (χ4v) is 7.07. The van der Waals surface area contributed by atoms with E-state index in [1.54, 1.807) is 0 Å². The Balaban J connectivity index is 3.21. The van der Waals surface area contributed by atoms with Gasteiger partial charge in [-0.25, -0.2) is 0 Å². The van der Waals surface area contributed by atoms with Gasteiger partial charge >= 0.3 is 18.6 Å². The van der Waals surface area contributed by atoms with Crippen LogP contribution in [0.15, 0.2) is 24.3 Å². The molecule has 0 radical (unpaired) electrons. The predicted molar refractivity (Wildman–Crippen MR) is 105 cm³/mol. The lowest BCUT2D eigenvalue weighted by atomic mass is 10.4. The summed E-state index contributed by atoms with van der Waals surface area (Å²) in [5.41, 5.74) is 0. The van der Waals surface area contributed by atoms with E-state index in [1.165, 1.54) is 0 Å². The summed E-state index contributed by atoms with van der Waals surface area (Å²) < 4.78 is 24.7. The molecule has 1 rings (SSSR count). The van der Waals surface area contributed by atoms with E-state index in [1.807, 2.05) is 12.1 Å². The molecule has 0 aliphatic rings. The SMILES string of the molecule is CC(C)O[SiH](OC(C)C)c1ccccc1[SiH](OC(C)C)OC(C)C. The van der Waals surface area contributed by atoms with E-state index in [0.717, 1.165) is 10.4 Å². The zero-order valence-electron chi connectivity index (χ0n) is 16.4. The van der Waals surface area contributed by atoms with Crippen molar-refractivity contribution in [2.45, 2.75) is 79.8 Å². The van der Waals surface area contributed by atoms with Gasteiger partial charge < -0.3 is 17.7 Å². The third kappa shape index (κ3) is 7.59. The minimum atomic E-state index is -2.02. The molecule has 1 aromatic rings. The van der Waals surface area contributed by atoms with Crippen molar-refractivity contribution in [2.24, 2.45) is 0 Å². The van der Waals surface area contributed by atoms with Gasteiger partial charge in [0, 0.05) is 24.4 Å². The van der Waals surface area contributed by atoms with Crippen molar-refractivity contribution >= 4 is 28.9 Å². The van der Waals surface area contributed by atoms with Gasteiger partial charge in [0.1, 0.15) is 0 Å². The molecule has 4 nitrogen and oxygen atoms in total. The third-order valence-corrected chi connectivity index (χ3v) is 8.65. The number of rotatable bonds is 10. The first kappa shape index (κ1) is 21.5. The molecule has 24 heavy (non-hydrogen) atoms. The molecule has 0 aromatic heterocycles. The van der Waals surface area contributed by atoms with Crippen LogP contribution in [0.25, 0.3) is 0 Å². The molecule has 1 aromatic carbocycles. The Morgan fingerprint density at radius 2 is 0.792 bits per heavy atom. The summed E-state index contributed by atoms with van der Waals surface area (Å²) in [5.74, 6) is 0. The second kappa shape index (κ2) is 10.5. The maximum Gasteiger partial charge on any atom is 0.356 e. The first-order chi connectivity index (χ1) is 11.2. The van der Waals surface area contributed by atoms with Crippen LogP contribution in [-0.4, -0.2) is 43.0 Å². The lowest BCUT2D eigenvalue weighted by molar-refractivity contribution is 0.135. The van der Waals surface area contributed by atoms with Gasteiger partial charge in [-0.1, -0.05) is 24.3 Å². The molecular formula is C18H34O4Si2. The molecule has 138 valence electrons. The summed E-state index contributed by atoms with van der Waals surface area (Å²) in [6.45, 7) is 16.4. The van der Waals surface area contributed by atoms with E-state index < -0.39 is 18.6 Å². The lowest BCUT2D eigenvalue weighted by Crippen LogP contribution is -2.55. The Bertz CT molecular complexity index is 415. The molecule has 0 aliphatic heterocycles. The van der Waals surface area contributed by atoms with Crippen molar-refractivity contribution in [3.8, 4) is 0 Å². The second-order valence-corrected chi connectivity index (χ2v) is 10.7. The van der Waals surface area contributed by atoms with Crippen LogP contribution in [0.3, 0.4) is 0 Å².